The molecule has 0 spiro atoms. The van der Waals surface area contributed by atoms with Crippen molar-refractivity contribution in [1.82, 2.24) is 0 Å². The van der Waals surface area contributed by atoms with Gasteiger partial charge in [0.2, 0.25) is 0 Å². The first kappa shape index (κ1) is 13.4. The minimum atomic E-state index is -3.22. The highest BCUT2D eigenvalue weighted by Gasteiger charge is 2.48. The van der Waals surface area contributed by atoms with Gasteiger partial charge in [-0.15, -0.1) is 0 Å². The Kier molecular flexibility index (Phi) is 2.98. The average molecular weight is 286 g/mol. The summed E-state index contributed by atoms with van der Waals surface area (Å²) < 4.78 is 24.4. The molecule has 0 radical (unpaired) electrons. The maximum Gasteiger partial charge on any atom is 0.176 e. The molecule has 0 amide bonds. The molecular formula is C17H18O2S. The third-order valence-electron chi connectivity index (χ3n) is 4.17. The highest BCUT2D eigenvalue weighted by atomic mass is 32.2. The van der Waals surface area contributed by atoms with Gasteiger partial charge in [-0.25, -0.2) is 8.42 Å². The van der Waals surface area contributed by atoms with E-state index in [4.69, 9.17) is 0 Å². The van der Waals surface area contributed by atoms with Gasteiger partial charge in [-0.3, -0.25) is 0 Å². The van der Waals surface area contributed by atoms with Crippen LogP contribution in [0.1, 0.15) is 29.5 Å². The van der Waals surface area contributed by atoms with Crippen LogP contribution in [0, 0.1) is 6.92 Å². The number of benzene rings is 2. The molecule has 0 N–H and O–H groups in total. The predicted molar refractivity (Wildman–Crippen MR) is 80.7 cm³/mol. The first-order valence-corrected chi connectivity index (χ1v) is 8.70. The third-order valence-corrected chi connectivity index (χ3v) is 5.46. The lowest BCUT2D eigenvalue weighted by atomic mass is 9.87. The van der Waals surface area contributed by atoms with Crippen LogP contribution in [-0.4, -0.2) is 14.7 Å². The van der Waals surface area contributed by atoms with Gasteiger partial charge in [-0.05, 0) is 36.5 Å². The van der Waals surface area contributed by atoms with Crippen molar-refractivity contribution < 1.29 is 8.42 Å². The van der Waals surface area contributed by atoms with Crippen LogP contribution in [0.4, 0.5) is 0 Å². The Morgan fingerprint density at radius 1 is 0.950 bits per heavy atom. The second-order valence-electron chi connectivity index (χ2n) is 5.67. The fourth-order valence-corrected chi connectivity index (χ4v) is 4.43. The summed E-state index contributed by atoms with van der Waals surface area (Å²) >= 11 is 0. The standard InChI is InChI=1S/C17H18O2S/c1-13-7-6-10-15(16(13)20(2,18)19)17(11-12-17)14-8-4-3-5-9-14/h3-10H,11-12H2,1-2H3. The van der Waals surface area contributed by atoms with Crippen LogP contribution < -0.4 is 0 Å². The first-order valence-electron chi connectivity index (χ1n) is 6.81. The van der Waals surface area contributed by atoms with E-state index in [-0.39, 0.29) is 5.41 Å². The van der Waals surface area contributed by atoms with Crippen molar-refractivity contribution in [2.45, 2.75) is 30.1 Å². The largest absolute Gasteiger partial charge is 0.224 e. The molecule has 2 aromatic carbocycles. The van der Waals surface area contributed by atoms with Crippen molar-refractivity contribution in [2.24, 2.45) is 0 Å². The van der Waals surface area contributed by atoms with Gasteiger partial charge in [0.25, 0.3) is 0 Å². The van der Waals surface area contributed by atoms with Gasteiger partial charge in [0.05, 0.1) is 4.90 Å². The van der Waals surface area contributed by atoms with Crippen molar-refractivity contribution in [1.29, 1.82) is 0 Å². The highest BCUT2D eigenvalue weighted by molar-refractivity contribution is 7.90. The van der Waals surface area contributed by atoms with E-state index in [1.807, 2.05) is 43.3 Å². The summed E-state index contributed by atoms with van der Waals surface area (Å²) in [5, 5.41) is 0. The lowest BCUT2D eigenvalue weighted by Gasteiger charge is -2.21. The van der Waals surface area contributed by atoms with Gasteiger partial charge in [-0.2, -0.15) is 0 Å². The van der Waals surface area contributed by atoms with Gasteiger partial charge >= 0.3 is 0 Å². The van der Waals surface area contributed by atoms with Crippen LogP contribution in [0.3, 0.4) is 0 Å². The van der Waals surface area contributed by atoms with E-state index >= 15 is 0 Å². The topological polar surface area (TPSA) is 34.1 Å². The second-order valence-corrected chi connectivity index (χ2v) is 7.62. The Balaban J connectivity index is 2.25. The van der Waals surface area contributed by atoms with Crippen molar-refractivity contribution in [2.75, 3.05) is 6.26 Å². The molecule has 2 nitrogen and oxygen atoms in total. The molecule has 2 aromatic rings. The Bertz CT molecular complexity index is 742. The van der Waals surface area contributed by atoms with E-state index in [9.17, 15) is 8.42 Å². The van der Waals surface area contributed by atoms with E-state index in [1.54, 1.807) is 0 Å². The zero-order chi connectivity index (χ0) is 14.4. The van der Waals surface area contributed by atoms with Crippen LogP contribution in [-0.2, 0) is 15.3 Å². The zero-order valence-electron chi connectivity index (χ0n) is 11.8. The van der Waals surface area contributed by atoms with Crippen LogP contribution in [0.25, 0.3) is 0 Å². The van der Waals surface area contributed by atoms with Gasteiger partial charge in [0, 0.05) is 11.7 Å². The van der Waals surface area contributed by atoms with Crippen molar-refractivity contribution in [3.8, 4) is 0 Å². The van der Waals surface area contributed by atoms with Crippen LogP contribution in [0.15, 0.2) is 53.4 Å². The van der Waals surface area contributed by atoms with E-state index in [2.05, 4.69) is 12.1 Å². The lowest BCUT2D eigenvalue weighted by molar-refractivity contribution is 0.598. The van der Waals surface area contributed by atoms with E-state index in [0.717, 1.165) is 24.0 Å². The van der Waals surface area contributed by atoms with Crippen LogP contribution >= 0.6 is 0 Å². The number of hydrogen-bond donors (Lipinski definition) is 0. The number of sulfone groups is 1. The second kappa shape index (κ2) is 4.45. The summed E-state index contributed by atoms with van der Waals surface area (Å²) in [5.41, 5.74) is 2.92. The molecule has 1 fully saturated rings. The smallest absolute Gasteiger partial charge is 0.176 e. The Morgan fingerprint density at radius 3 is 2.15 bits per heavy atom. The summed E-state index contributed by atoms with van der Waals surface area (Å²) in [6, 6.07) is 16.0. The van der Waals surface area contributed by atoms with Gasteiger partial charge in [0.1, 0.15) is 0 Å². The fourth-order valence-electron chi connectivity index (χ4n) is 3.12. The van der Waals surface area contributed by atoms with Crippen molar-refractivity contribution in [3.05, 3.63) is 65.2 Å². The lowest BCUT2D eigenvalue weighted by Crippen LogP contribution is -2.15. The molecule has 1 aliphatic carbocycles. The first-order chi connectivity index (χ1) is 9.45. The van der Waals surface area contributed by atoms with Gasteiger partial charge in [0.15, 0.2) is 9.84 Å². The maximum absolute atomic E-state index is 12.2. The summed E-state index contributed by atoms with van der Waals surface area (Å²) in [6.45, 7) is 1.88. The third kappa shape index (κ3) is 2.06. The fraction of sp³-hybridized carbons (Fsp3) is 0.294. The van der Waals surface area contributed by atoms with Crippen molar-refractivity contribution in [3.63, 3.8) is 0 Å². The highest BCUT2D eigenvalue weighted by Crippen LogP contribution is 2.55. The molecule has 1 saturated carbocycles. The Labute approximate surface area is 120 Å². The number of rotatable bonds is 3. The van der Waals surface area contributed by atoms with E-state index in [0.29, 0.717) is 4.90 Å². The minimum absolute atomic E-state index is 0.105. The monoisotopic (exact) mass is 286 g/mol. The molecule has 1 aliphatic rings. The zero-order valence-corrected chi connectivity index (χ0v) is 12.6. The molecule has 0 aromatic heterocycles. The Hall–Kier alpha value is -1.61. The molecule has 0 saturated heterocycles. The van der Waals surface area contributed by atoms with Crippen LogP contribution in [0.2, 0.25) is 0 Å². The minimum Gasteiger partial charge on any atom is -0.224 e. The molecular weight excluding hydrogens is 268 g/mol. The van der Waals surface area contributed by atoms with E-state index in [1.165, 1.54) is 11.8 Å². The predicted octanol–water partition coefficient (Wildman–Crippen LogP) is 3.48. The maximum atomic E-state index is 12.2. The summed E-state index contributed by atoms with van der Waals surface area (Å²) in [4.78, 5) is 0.515. The van der Waals surface area contributed by atoms with Gasteiger partial charge in [-0.1, -0.05) is 48.5 Å². The SMILES string of the molecule is Cc1cccc(C2(c3ccccc3)CC2)c1S(C)(=O)=O. The average Bonchev–Trinajstić information content (AvgIpc) is 3.19. The molecule has 0 bridgehead atoms. The number of hydrogen-bond acceptors (Lipinski definition) is 2. The molecule has 0 atom stereocenters. The molecule has 20 heavy (non-hydrogen) atoms. The van der Waals surface area contributed by atoms with Crippen LogP contribution in [0.5, 0.6) is 0 Å². The van der Waals surface area contributed by atoms with Crippen molar-refractivity contribution >= 4 is 9.84 Å². The molecule has 0 unspecified atom stereocenters. The molecule has 104 valence electrons. The number of aryl methyl sites for hydroxylation is 1. The molecule has 0 heterocycles. The summed E-state index contributed by atoms with van der Waals surface area (Å²) in [7, 11) is -3.22. The Morgan fingerprint density at radius 2 is 1.60 bits per heavy atom. The van der Waals surface area contributed by atoms with Gasteiger partial charge < -0.3 is 0 Å². The quantitative estimate of drug-likeness (QED) is 0.865. The molecule has 3 rings (SSSR count). The van der Waals surface area contributed by atoms with E-state index < -0.39 is 9.84 Å². The normalized spacial score (nSPS) is 16.9. The molecule has 3 heteroatoms. The summed E-state index contributed by atoms with van der Waals surface area (Å²) in [6.07, 6.45) is 3.34. The molecule has 0 aliphatic heterocycles. The summed E-state index contributed by atoms with van der Waals surface area (Å²) in [5.74, 6) is 0.